The van der Waals surface area contributed by atoms with E-state index < -0.39 is 0 Å². The Morgan fingerprint density at radius 3 is 1.65 bits per heavy atom. The van der Waals surface area contributed by atoms with Gasteiger partial charge in [0, 0.05) is 19.3 Å². The van der Waals surface area contributed by atoms with Gasteiger partial charge in [0.05, 0.1) is 0 Å². The normalized spacial score (nSPS) is 10.7. The van der Waals surface area contributed by atoms with Crippen LogP contribution in [0.5, 0.6) is 0 Å². The molecule has 0 atom stereocenters. The van der Waals surface area contributed by atoms with Gasteiger partial charge < -0.3 is 4.79 Å². The summed E-state index contributed by atoms with van der Waals surface area (Å²) in [5.74, 6) is 0.336. The molecule has 2 nitrogen and oxygen atoms in total. The molecule has 0 aliphatic carbocycles. The largest absolute Gasteiger partial charge is 0.303 e. The Kier molecular flexibility index (Phi) is 15.9. The molecule has 0 aromatic rings. The second kappa shape index (κ2) is 16.4. The van der Waals surface area contributed by atoms with E-state index in [0.29, 0.717) is 18.6 Å². The molecule has 0 spiro atoms. The van der Waals surface area contributed by atoms with Gasteiger partial charge in [-0.25, -0.2) is 0 Å². The number of ketones is 1. The number of rotatable bonds is 16. The molecule has 0 aliphatic heterocycles. The standard InChI is InChI=1S/C18H34O2/c1-2-3-4-5-6-7-8-9-10-11-12-15-18(20)16-13-14-17-19/h17H,2-16H2,1H3. The van der Waals surface area contributed by atoms with Crippen molar-refractivity contribution < 1.29 is 9.59 Å². The molecule has 0 radical (unpaired) electrons. The van der Waals surface area contributed by atoms with Crippen LogP contribution in [-0.2, 0) is 9.59 Å². The van der Waals surface area contributed by atoms with Gasteiger partial charge >= 0.3 is 0 Å². The van der Waals surface area contributed by atoms with E-state index in [1.165, 1.54) is 64.2 Å². The van der Waals surface area contributed by atoms with Crippen molar-refractivity contribution in [3.8, 4) is 0 Å². The van der Waals surface area contributed by atoms with Gasteiger partial charge in [-0.2, -0.15) is 0 Å². The number of carbonyl (C=O) groups is 2. The van der Waals surface area contributed by atoms with Crippen LogP contribution < -0.4 is 0 Å². The lowest BCUT2D eigenvalue weighted by molar-refractivity contribution is -0.119. The maximum Gasteiger partial charge on any atom is 0.132 e. The third-order valence-corrected chi connectivity index (χ3v) is 3.84. The van der Waals surface area contributed by atoms with Crippen LogP contribution in [0.15, 0.2) is 0 Å². The van der Waals surface area contributed by atoms with Crippen LogP contribution in [0.2, 0.25) is 0 Å². The highest BCUT2D eigenvalue weighted by Crippen LogP contribution is 2.12. The highest BCUT2D eigenvalue weighted by atomic mass is 16.1. The first-order valence-electron chi connectivity index (χ1n) is 8.76. The monoisotopic (exact) mass is 282 g/mol. The van der Waals surface area contributed by atoms with Crippen molar-refractivity contribution in [1.82, 2.24) is 0 Å². The van der Waals surface area contributed by atoms with E-state index in [1.54, 1.807) is 0 Å². The SMILES string of the molecule is CCCCCCCCCCCCCC(=O)CCCC=O. The average Bonchev–Trinajstić information content (AvgIpc) is 2.45. The quantitative estimate of drug-likeness (QED) is 0.272. The zero-order chi connectivity index (χ0) is 14.9. The lowest BCUT2D eigenvalue weighted by Gasteiger charge is -2.02. The van der Waals surface area contributed by atoms with Gasteiger partial charge in [-0.1, -0.05) is 71.1 Å². The lowest BCUT2D eigenvalue weighted by Crippen LogP contribution is -1.97. The summed E-state index contributed by atoms with van der Waals surface area (Å²) in [4.78, 5) is 21.6. The Balaban J connectivity index is 3.08. The minimum atomic E-state index is 0.336. The first-order valence-corrected chi connectivity index (χ1v) is 8.76. The number of hydrogen-bond donors (Lipinski definition) is 0. The summed E-state index contributed by atoms with van der Waals surface area (Å²) in [5.41, 5.74) is 0. The van der Waals surface area contributed by atoms with Crippen LogP contribution in [0, 0.1) is 0 Å². The van der Waals surface area contributed by atoms with Crippen LogP contribution in [0.1, 0.15) is 103 Å². The number of carbonyl (C=O) groups excluding carboxylic acids is 2. The highest BCUT2D eigenvalue weighted by Gasteiger charge is 2.01. The second-order valence-electron chi connectivity index (χ2n) is 5.88. The van der Waals surface area contributed by atoms with Crippen molar-refractivity contribution in [2.24, 2.45) is 0 Å². The summed E-state index contributed by atoms with van der Waals surface area (Å²) >= 11 is 0. The van der Waals surface area contributed by atoms with Crippen LogP contribution >= 0.6 is 0 Å². The molecule has 2 heteroatoms. The van der Waals surface area contributed by atoms with Crippen molar-refractivity contribution in [1.29, 1.82) is 0 Å². The first-order chi connectivity index (χ1) is 9.81. The maximum atomic E-state index is 11.5. The van der Waals surface area contributed by atoms with Gasteiger partial charge in [0.25, 0.3) is 0 Å². The maximum absolute atomic E-state index is 11.5. The average molecular weight is 282 g/mol. The van der Waals surface area contributed by atoms with Gasteiger partial charge in [-0.05, 0) is 12.8 Å². The topological polar surface area (TPSA) is 34.1 Å². The summed E-state index contributed by atoms with van der Waals surface area (Å²) < 4.78 is 0. The number of hydrogen-bond acceptors (Lipinski definition) is 2. The zero-order valence-corrected chi connectivity index (χ0v) is 13.5. The van der Waals surface area contributed by atoms with E-state index in [2.05, 4.69) is 6.92 Å². The van der Waals surface area contributed by atoms with Crippen molar-refractivity contribution >= 4 is 12.1 Å². The van der Waals surface area contributed by atoms with Crippen LogP contribution in [-0.4, -0.2) is 12.1 Å². The summed E-state index contributed by atoms with van der Waals surface area (Å²) in [5, 5.41) is 0. The molecule has 0 amide bonds. The molecule has 0 saturated carbocycles. The molecule has 0 fully saturated rings. The van der Waals surface area contributed by atoms with E-state index in [-0.39, 0.29) is 0 Å². The molecule has 0 rings (SSSR count). The fourth-order valence-electron chi connectivity index (χ4n) is 2.49. The minimum Gasteiger partial charge on any atom is -0.303 e. The molecule has 0 N–H and O–H groups in total. The predicted molar refractivity (Wildman–Crippen MR) is 86.0 cm³/mol. The fraction of sp³-hybridized carbons (Fsp3) is 0.889. The van der Waals surface area contributed by atoms with E-state index in [4.69, 9.17) is 0 Å². The van der Waals surface area contributed by atoms with Crippen molar-refractivity contribution in [3.05, 3.63) is 0 Å². The predicted octanol–water partition coefficient (Wildman–Crippen LogP) is 5.63. The molecule has 0 bridgehead atoms. The number of aldehydes is 1. The number of unbranched alkanes of at least 4 members (excludes halogenated alkanes) is 11. The third kappa shape index (κ3) is 15.4. The molecular formula is C18H34O2. The molecule has 0 aromatic heterocycles. The third-order valence-electron chi connectivity index (χ3n) is 3.84. The Morgan fingerprint density at radius 1 is 0.700 bits per heavy atom. The van der Waals surface area contributed by atoms with Gasteiger partial charge in [0.2, 0.25) is 0 Å². The molecule has 0 aliphatic rings. The smallest absolute Gasteiger partial charge is 0.132 e. The Hall–Kier alpha value is -0.660. The van der Waals surface area contributed by atoms with Gasteiger partial charge in [0.15, 0.2) is 0 Å². The molecule has 0 unspecified atom stereocenters. The molecule has 0 heterocycles. The Bertz CT molecular complexity index is 223. The molecule has 0 saturated heterocycles. The highest BCUT2D eigenvalue weighted by molar-refractivity contribution is 5.78. The molecule has 20 heavy (non-hydrogen) atoms. The fourth-order valence-corrected chi connectivity index (χ4v) is 2.49. The summed E-state index contributed by atoms with van der Waals surface area (Å²) in [6.45, 7) is 2.26. The molecule has 118 valence electrons. The van der Waals surface area contributed by atoms with Crippen LogP contribution in [0.3, 0.4) is 0 Å². The summed E-state index contributed by atoms with van der Waals surface area (Å²) in [6.07, 6.45) is 18.0. The van der Waals surface area contributed by atoms with Crippen molar-refractivity contribution in [3.63, 3.8) is 0 Å². The summed E-state index contributed by atoms with van der Waals surface area (Å²) in [6, 6.07) is 0. The van der Waals surface area contributed by atoms with Gasteiger partial charge in [0.1, 0.15) is 12.1 Å². The van der Waals surface area contributed by atoms with Gasteiger partial charge in [-0.3, -0.25) is 4.79 Å². The lowest BCUT2D eigenvalue weighted by atomic mass is 10.0. The van der Waals surface area contributed by atoms with Crippen molar-refractivity contribution in [2.75, 3.05) is 0 Å². The zero-order valence-electron chi connectivity index (χ0n) is 13.5. The van der Waals surface area contributed by atoms with Crippen LogP contribution in [0.4, 0.5) is 0 Å². The van der Waals surface area contributed by atoms with E-state index in [0.717, 1.165) is 25.5 Å². The second-order valence-corrected chi connectivity index (χ2v) is 5.88. The van der Waals surface area contributed by atoms with Crippen molar-refractivity contribution in [2.45, 2.75) is 103 Å². The summed E-state index contributed by atoms with van der Waals surface area (Å²) in [7, 11) is 0. The molecule has 0 aromatic carbocycles. The Labute approximate surface area is 125 Å². The van der Waals surface area contributed by atoms with Gasteiger partial charge in [-0.15, -0.1) is 0 Å². The van der Waals surface area contributed by atoms with E-state index >= 15 is 0 Å². The Morgan fingerprint density at radius 2 is 1.15 bits per heavy atom. The minimum absolute atomic E-state index is 0.336. The van der Waals surface area contributed by atoms with Crippen LogP contribution in [0.25, 0.3) is 0 Å². The van der Waals surface area contributed by atoms with E-state index in [1.807, 2.05) is 0 Å². The number of Topliss-reactive ketones (excluding diaryl/α,β-unsaturated/α-hetero) is 1. The first kappa shape index (κ1) is 19.3. The molecular weight excluding hydrogens is 248 g/mol. The van der Waals surface area contributed by atoms with E-state index in [9.17, 15) is 9.59 Å².